The molecule has 0 atom stereocenters. The maximum atomic E-state index is 14.0. The van der Waals surface area contributed by atoms with E-state index in [4.69, 9.17) is 14.6 Å². The van der Waals surface area contributed by atoms with Gasteiger partial charge in [0.2, 0.25) is 0 Å². The molecule has 0 unspecified atom stereocenters. The normalized spacial score (nSPS) is 17.6. The molecule has 1 aromatic rings. The predicted octanol–water partition coefficient (Wildman–Crippen LogP) is 1.51. The van der Waals surface area contributed by atoms with E-state index < -0.39 is 11.6 Å². The van der Waals surface area contributed by atoms with Crippen LogP contribution < -0.4 is 4.74 Å². The number of carboxylic acids is 1. The van der Waals surface area contributed by atoms with Crippen molar-refractivity contribution in [3.63, 3.8) is 0 Å². The molecule has 5 nitrogen and oxygen atoms in total. The molecule has 0 spiro atoms. The average molecular weight is 283 g/mol. The summed E-state index contributed by atoms with van der Waals surface area (Å²) < 4.78 is 24.2. The van der Waals surface area contributed by atoms with Gasteiger partial charge in [-0.15, -0.1) is 0 Å². The lowest BCUT2D eigenvalue weighted by atomic mass is 9.95. The van der Waals surface area contributed by atoms with Gasteiger partial charge in [-0.2, -0.15) is 0 Å². The van der Waals surface area contributed by atoms with Crippen molar-refractivity contribution >= 4 is 5.97 Å². The third kappa shape index (κ3) is 3.26. The Balaban J connectivity index is 1.90. The van der Waals surface area contributed by atoms with Gasteiger partial charge in [0.05, 0.1) is 12.7 Å². The minimum absolute atomic E-state index is 0.230. The zero-order chi connectivity index (χ0) is 14.8. The molecule has 1 aromatic carbocycles. The Bertz CT molecular complexity index is 500. The molecule has 1 aliphatic rings. The van der Waals surface area contributed by atoms with Gasteiger partial charge in [-0.3, -0.25) is 4.90 Å². The number of aliphatic carboxylic acids is 1. The van der Waals surface area contributed by atoms with E-state index in [1.807, 2.05) is 11.8 Å². The largest absolute Gasteiger partial charge is 0.494 e. The second kappa shape index (κ2) is 5.76. The molecule has 0 saturated carbocycles. The molecule has 0 aromatic heterocycles. The Hall–Kier alpha value is -1.66. The molecule has 2 rings (SSSR count). The van der Waals surface area contributed by atoms with Crippen LogP contribution in [0.1, 0.15) is 12.5 Å². The highest BCUT2D eigenvalue weighted by molar-refractivity contribution is 5.68. The Labute approximate surface area is 116 Å². The number of rotatable bonds is 6. The predicted molar refractivity (Wildman–Crippen MR) is 70.2 cm³/mol. The summed E-state index contributed by atoms with van der Waals surface area (Å²) in [6, 6.07) is 5.04. The first-order valence-corrected chi connectivity index (χ1v) is 6.33. The van der Waals surface area contributed by atoms with E-state index in [-0.39, 0.29) is 18.2 Å². The monoisotopic (exact) mass is 283 g/mol. The Morgan fingerprint density at radius 2 is 2.20 bits per heavy atom. The number of ether oxygens (including phenoxy) is 2. The van der Waals surface area contributed by atoms with Crippen LogP contribution in [0.3, 0.4) is 0 Å². The fourth-order valence-electron chi connectivity index (χ4n) is 2.42. The smallest absolute Gasteiger partial charge is 0.329 e. The van der Waals surface area contributed by atoms with Crippen LogP contribution in [0.15, 0.2) is 18.2 Å². The zero-order valence-corrected chi connectivity index (χ0v) is 11.6. The quantitative estimate of drug-likeness (QED) is 0.857. The number of hydrogen-bond acceptors (Lipinski definition) is 4. The van der Waals surface area contributed by atoms with E-state index in [0.29, 0.717) is 25.2 Å². The van der Waals surface area contributed by atoms with Gasteiger partial charge < -0.3 is 14.6 Å². The van der Waals surface area contributed by atoms with Gasteiger partial charge in [-0.25, -0.2) is 9.18 Å². The molecule has 0 radical (unpaired) electrons. The molecule has 1 N–H and O–H groups in total. The number of halogens is 1. The molecule has 20 heavy (non-hydrogen) atoms. The second-order valence-electron chi connectivity index (χ2n) is 5.21. The van der Waals surface area contributed by atoms with Crippen LogP contribution in [0.5, 0.6) is 5.75 Å². The van der Waals surface area contributed by atoms with Crippen LogP contribution in [-0.2, 0) is 16.1 Å². The fraction of sp³-hybridized carbons (Fsp3) is 0.500. The van der Waals surface area contributed by atoms with Crippen LogP contribution in [0.25, 0.3) is 0 Å². The topological polar surface area (TPSA) is 59.0 Å². The van der Waals surface area contributed by atoms with E-state index in [1.54, 1.807) is 18.2 Å². The van der Waals surface area contributed by atoms with E-state index in [2.05, 4.69) is 0 Å². The number of carboxylic acid groups (broad SMARTS) is 1. The van der Waals surface area contributed by atoms with E-state index >= 15 is 0 Å². The van der Waals surface area contributed by atoms with Crippen LogP contribution in [0.2, 0.25) is 0 Å². The highest BCUT2D eigenvalue weighted by atomic mass is 19.1. The summed E-state index contributed by atoms with van der Waals surface area (Å²) in [4.78, 5) is 12.5. The molecule has 110 valence electrons. The zero-order valence-electron chi connectivity index (χ0n) is 11.6. The van der Waals surface area contributed by atoms with E-state index in [0.717, 1.165) is 0 Å². The summed E-state index contributed by atoms with van der Waals surface area (Å²) in [5.41, 5.74) is 0.0953. The minimum atomic E-state index is -0.983. The average Bonchev–Trinajstić information content (AvgIpc) is 2.37. The van der Waals surface area contributed by atoms with Gasteiger partial charge in [0, 0.05) is 25.2 Å². The Morgan fingerprint density at radius 1 is 1.50 bits per heavy atom. The highest BCUT2D eigenvalue weighted by Crippen LogP contribution is 2.28. The van der Waals surface area contributed by atoms with E-state index in [9.17, 15) is 9.18 Å². The lowest BCUT2D eigenvalue weighted by Crippen LogP contribution is -2.61. The van der Waals surface area contributed by atoms with Crippen molar-refractivity contribution in [2.24, 2.45) is 0 Å². The minimum Gasteiger partial charge on any atom is -0.494 e. The first kappa shape index (κ1) is 14.7. The van der Waals surface area contributed by atoms with Crippen LogP contribution in [-0.4, -0.2) is 48.4 Å². The molecule has 0 aliphatic carbocycles. The Morgan fingerprint density at radius 3 is 2.80 bits per heavy atom. The van der Waals surface area contributed by atoms with Gasteiger partial charge in [0.25, 0.3) is 0 Å². The summed E-state index contributed by atoms with van der Waals surface area (Å²) in [7, 11) is 1.43. The standard InChI is InChI=1S/C14H18FNO4/c1-14(20-7-12(17)18)8-16(9-14)6-10-4-3-5-11(19-2)13(10)15/h3-5H,6-9H2,1-2H3,(H,17,18). The molecule has 1 heterocycles. The van der Waals surface area contributed by atoms with Crippen molar-refractivity contribution in [1.29, 1.82) is 0 Å². The van der Waals surface area contributed by atoms with Crippen molar-refractivity contribution in [2.75, 3.05) is 26.8 Å². The van der Waals surface area contributed by atoms with Gasteiger partial charge >= 0.3 is 5.97 Å². The van der Waals surface area contributed by atoms with Crippen LogP contribution in [0, 0.1) is 5.82 Å². The number of carbonyl (C=O) groups is 1. The lowest BCUT2D eigenvalue weighted by molar-refractivity contribution is -0.165. The Kier molecular flexibility index (Phi) is 4.25. The van der Waals surface area contributed by atoms with Crippen molar-refractivity contribution in [1.82, 2.24) is 4.90 Å². The first-order valence-electron chi connectivity index (χ1n) is 6.33. The highest BCUT2D eigenvalue weighted by Gasteiger charge is 2.40. The van der Waals surface area contributed by atoms with Crippen molar-refractivity contribution in [2.45, 2.75) is 19.1 Å². The number of benzene rings is 1. The van der Waals surface area contributed by atoms with Crippen molar-refractivity contribution < 1.29 is 23.8 Å². The summed E-state index contributed by atoms with van der Waals surface area (Å²) >= 11 is 0. The lowest BCUT2D eigenvalue weighted by Gasteiger charge is -2.47. The number of hydrogen-bond donors (Lipinski definition) is 1. The maximum absolute atomic E-state index is 14.0. The van der Waals surface area contributed by atoms with Gasteiger partial charge in [-0.1, -0.05) is 12.1 Å². The molecular weight excluding hydrogens is 265 g/mol. The maximum Gasteiger partial charge on any atom is 0.329 e. The van der Waals surface area contributed by atoms with Crippen LogP contribution in [0.4, 0.5) is 4.39 Å². The molecular formula is C14H18FNO4. The molecule has 0 bridgehead atoms. The third-order valence-corrected chi connectivity index (χ3v) is 3.32. The van der Waals surface area contributed by atoms with Crippen LogP contribution >= 0.6 is 0 Å². The first-order chi connectivity index (χ1) is 9.43. The SMILES string of the molecule is COc1cccc(CN2CC(C)(OCC(=O)O)C2)c1F. The second-order valence-corrected chi connectivity index (χ2v) is 5.21. The molecule has 0 amide bonds. The van der Waals surface area contributed by atoms with Gasteiger partial charge in [-0.05, 0) is 13.0 Å². The summed E-state index contributed by atoms with van der Waals surface area (Å²) in [6.07, 6.45) is 0. The summed E-state index contributed by atoms with van der Waals surface area (Å²) in [5, 5.41) is 8.59. The number of nitrogens with zero attached hydrogens (tertiary/aromatic N) is 1. The molecule has 1 saturated heterocycles. The molecule has 6 heteroatoms. The van der Waals surface area contributed by atoms with E-state index in [1.165, 1.54) is 7.11 Å². The summed E-state index contributed by atoms with van der Waals surface area (Å²) in [5.74, 6) is -1.11. The number of methoxy groups -OCH3 is 1. The van der Waals surface area contributed by atoms with Gasteiger partial charge in [0.15, 0.2) is 11.6 Å². The molecule has 1 fully saturated rings. The third-order valence-electron chi connectivity index (χ3n) is 3.32. The number of likely N-dealkylation sites (tertiary alicyclic amines) is 1. The molecule has 1 aliphatic heterocycles. The fourth-order valence-corrected chi connectivity index (χ4v) is 2.42. The van der Waals surface area contributed by atoms with Crippen molar-refractivity contribution in [3.05, 3.63) is 29.6 Å². The van der Waals surface area contributed by atoms with Crippen molar-refractivity contribution in [3.8, 4) is 5.75 Å². The summed E-state index contributed by atoms with van der Waals surface area (Å²) in [6.45, 7) is 3.16. The van der Waals surface area contributed by atoms with Gasteiger partial charge in [0.1, 0.15) is 6.61 Å².